The molecule has 0 saturated carbocycles. The van der Waals surface area contributed by atoms with Gasteiger partial charge in [0.25, 0.3) is 0 Å². The molecule has 2 rings (SSSR count). The topological polar surface area (TPSA) is 48.1 Å². The van der Waals surface area contributed by atoms with Crippen LogP contribution in [0.4, 0.5) is 13.2 Å². The summed E-state index contributed by atoms with van der Waals surface area (Å²) in [6.07, 6.45) is -2.52. The van der Waals surface area contributed by atoms with E-state index in [0.29, 0.717) is 12.4 Å². The number of aromatic nitrogens is 1. The van der Waals surface area contributed by atoms with Crippen molar-refractivity contribution in [2.45, 2.75) is 18.3 Å². The van der Waals surface area contributed by atoms with Crippen LogP contribution >= 0.6 is 11.8 Å². The second kappa shape index (κ2) is 5.46. The Morgan fingerprint density at radius 2 is 2.28 bits per heavy atom. The van der Waals surface area contributed by atoms with E-state index in [9.17, 15) is 13.2 Å². The second-order valence-electron chi connectivity index (χ2n) is 3.97. The van der Waals surface area contributed by atoms with Gasteiger partial charge in [-0.3, -0.25) is 4.98 Å². The van der Waals surface area contributed by atoms with Gasteiger partial charge in [-0.15, -0.1) is 0 Å². The molecule has 3 nitrogen and oxygen atoms in total. The van der Waals surface area contributed by atoms with E-state index in [1.165, 1.54) is 6.20 Å². The van der Waals surface area contributed by atoms with Crippen molar-refractivity contribution in [2.75, 3.05) is 18.1 Å². The summed E-state index contributed by atoms with van der Waals surface area (Å²) >= 11 is 1.63. The summed E-state index contributed by atoms with van der Waals surface area (Å²) in [5.41, 5.74) is 5.15. The van der Waals surface area contributed by atoms with Crippen molar-refractivity contribution in [1.29, 1.82) is 0 Å². The minimum absolute atomic E-state index is 0.00231. The van der Waals surface area contributed by atoms with E-state index in [-0.39, 0.29) is 5.56 Å². The molecule has 1 aliphatic heterocycles. The van der Waals surface area contributed by atoms with E-state index in [2.05, 4.69) is 4.98 Å². The van der Waals surface area contributed by atoms with Gasteiger partial charge in [0.05, 0.1) is 24.3 Å². The van der Waals surface area contributed by atoms with Crippen molar-refractivity contribution in [3.05, 3.63) is 29.6 Å². The third-order valence-electron chi connectivity index (χ3n) is 2.76. The molecule has 1 aliphatic rings. The van der Waals surface area contributed by atoms with E-state index >= 15 is 0 Å². The molecule has 0 bridgehead atoms. The molecular formula is C11H13F3N2OS. The van der Waals surface area contributed by atoms with E-state index < -0.39 is 23.9 Å². The van der Waals surface area contributed by atoms with E-state index in [0.717, 1.165) is 18.0 Å². The fraction of sp³-hybridized carbons (Fsp3) is 0.545. The summed E-state index contributed by atoms with van der Waals surface area (Å²) in [7, 11) is 0. The van der Waals surface area contributed by atoms with Crippen LogP contribution in [0.3, 0.4) is 0 Å². The highest BCUT2D eigenvalue weighted by molar-refractivity contribution is 7.99. The van der Waals surface area contributed by atoms with Gasteiger partial charge < -0.3 is 10.5 Å². The predicted octanol–water partition coefficient (Wildman–Crippen LogP) is 2.23. The molecule has 1 aromatic rings. The third-order valence-corrected chi connectivity index (χ3v) is 3.78. The summed E-state index contributed by atoms with van der Waals surface area (Å²) in [5, 5.41) is 0. The zero-order chi connectivity index (χ0) is 13.2. The molecule has 2 N–H and O–H groups in total. The van der Waals surface area contributed by atoms with Gasteiger partial charge in [-0.1, -0.05) is 0 Å². The monoisotopic (exact) mass is 278 g/mol. The van der Waals surface area contributed by atoms with Gasteiger partial charge in [0.15, 0.2) is 0 Å². The number of nitrogens with two attached hydrogens (primary N) is 1. The lowest BCUT2D eigenvalue weighted by molar-refractivity contribution is -0.138. The summed E-state index contributed by atoms with van der Waals surface area (Å²) in [6, 6.07) is 0.147. The molecule has 1 saturated heterocycles. The number of nitrogens with zero attached hydrogens (tertiary/aromatic N) is 1. The molecule has 2 atom stereocenters. The number of ether oxygens (including phenoxy) is 1. The Kier molecular flexibility index (Phi) is 4.14. The van der Waals surface area contributed by atoms with Crippen LogP contribution < -0.4 is 5.73 Å². The fourth-order valence-electron chi connectivity index (χ4n) is 1.84. The number of hydrogen-bond donors (Lipinski definition) is 1. The van der Waals surface area contributed by atoms with Crippen molar-refractivity contribution in [3.8, 4) is 0 Å². The van der Waals surface area contributed by atoms with Crippen molar-refractivity contribution in [3.63, 3.8) is 0 Å². The number of rotatable bonds is 2. The van der Waals surface area contributed by atoms with Crippen LogP contribution in [0, 0.1) is 0 Å². The molecule has 1 aromatic heterocycles. The van der Waals surface area contributed by atoms with E-state index in [1.807, 2.05) is 0 Å². The van der Waals surface area contributed by atoms with Crippen molar-refractivity contribution >= 4 is 11.8 Å². The van der Waals surface area contributed by atoms with Crippen molar-refractivity contribution in [2.24, 2.45) is 5.73 Å². The normalized spacial score (nSPS) is 22.8. The summed E-state index contributed by atoms with van der Waals surface area (Å²) in [4.78, 5) is 3.73. The van der Waals surface area contributed by atoms with Crippen LogP contribution in [0.5, 0.6) is 0 Å². The Bertz CT molecular complexity index is 408. The zero-order valence-electron chi connectivity index (χ0n) is 9.48. The molecule has 2 unspecified atom stereocenters. The average molecular weight is 278 g/mol. The molecule has 18 heavy (non-hydrogen) atoms. The lowest BCUT2D eigenvalue weighted by Crippen LogP contribution is -2.35. The largest absolute Gasteiger partial charge is 0.416 e. The number of alkyl halides is 3. The average Bonchev–Trinajstić information content (AvgIpc) is 2.38. The zero-order valence-corrected chi connectivity index (χ0v) is 10.3. The molecule has 0 spiro atoms. The Hall–Kier alpha value is -0.790. The Labute approximate surface area is 107 Å². The summed E-state index contributed by atoms with van der Waals surface area (Å²) in [6.45, 7) is 0.518. The second-order valence-corrected chi connectivity index (χ2v) is 5.12. The highest BCUT2D eigenvalue weighted by atomic mass is 32.2. The standard InChI is InChI=1S/C11H13F3N2OS/c12-11(13,14)8-1-2-16-5-7(8)10(15)9-6-18-4-3-17-9/h1-2,5,9-10H,3-4,6,15H2. The molecule has 0 radical (unpaired) electrons. The lowest BCUT2D eigenvalue weighted by atomic mass is 9.99. The summed E-state index contributed by atoms with van der Waals surface area (Å²) in [5.74, 6) is 1.45. The molecule has 0 aliphatic carbocycles. The first-order valence-electron chi connectivity index (χ1n) is 5.46. The van der Waals surface area contributed by atoms with Crippen molar-refractivity contribution in [1.82, 2.24) is 4.98 Å². The minimum atomic E-state index is -4.42. The third kappa shape index (κ3) is 2.96. The van der Waals surface area contributed by atoms with Gasteiger partial charge in [-0.05, 0) is 6.07 Å². The van der Waals surface area contributed by atoms with E-state index in [4.69, 9.17) is 10.5 Å². The van der Waals surface area contributed by atoms with Gasteiger partial charge in [-0.25, -0.2) is 0 Å². The van der Waals surface area contributed by atoms with Gasteiger partial charge >= 0.3 is 6.18 Å². The fourth-order valence-corrected chi connectivity index (χ4v) is 2.76. The smallest absolute Gasteiger partial charge is 0.375 e. The molecule has 7 heteroatoms. The van der Waals surface area contributed by atoms with Crippen LogP contribution in [0.15, 0.2) is 18.5 Å². The van der Waals surface area contributed by atoms with Gasteiger partial charge in [0.1, 0.15) is 0 Å². The quantitative estimate of drug-likeness (QED) is 0.901. The molecule has 0 amide bonds. The molecule has 2 heterocycles. The Morgan fingerprint density at radius 1 is 1.50 bits per heavy atom. The van der Waals surface area contributed by atoms with Crippen LogP contribution in [0.25, 0.3) is 0 Å². The Balaban J connectivity index is 2.26. The maximum absolute atomic E-state index is 12.8. The molecular weight excluding hydrogens is 265 g/mol. The number of halogens is 3. The minimum Gasteiger partial charge on any atom is -0.375 e. The predicted molar refractivity (Wildman–Crippen MR) is 63.2 cm³/mol. The maximum atomic E-state index is 12.8. The highest BCUT2D eigenvalue weighted by Crippen LogP contribution is 2.35. The molecule has 1 fully saturated rings. The number of hydrogen-bond acceptors (Lipinski definition) is 4. The van der Waals surface area contributed by atoms with Gasteiger partial charge in [0.2, 0.25) is 0 Å². The Morgan fingerprint density at radius 3 is 2.89 bits per heavy atom. The summed E-state index contributed by atoms with van der Waals surface area (Å²) < 4.78 is 44.0. The lowest BCUT2D eigenvalue weighted by Gasteiger charge is -2.29. The van der Waals surface area contributed by atoms with E-state index in [1.54, 1.807) is 11.8 Å². The highest BCUT2D eigenvalue weighted by Gasteiger charge is 2.36. The number of pyridine rings is 1. The molecule has 100 valence electrons. The first kappa shape index (κ1) is 13.6. The maximum Gasteiger partial charge on any atom is 0.416 e. The van der Waals surface area contributed by atoms with Crippen molar-refractivity contribution < 1.29 is 17.9 Å². The first-order chi connectivity index (χ1) is 8.50. The first-order valence-corrected chi connectivity index (χ1v) is 6.61. The van der Waals surface area contributed by atoms with Crippen LogP contribution in [0.1, 0.15) is 17.2 Å². The van der Waals surface area contributed by atoms with Gasteiger partial charge in [-0.2, -0.15) is 24.9 Å². The number of thioether (sulfide) groups is 1. The van der Waals surface area contributed by atoms with Crippen LogP contribution in [-0.4, -0.2) is 29.2 Å². The SMILES string of the molecule is NC(c1cnccc1C(F)(F)F)C1CSCCO1. The van der Waals surface area contributed by atoms with Gasteiger partial charge in [0, 0.05) is 29.5 Å². The van der Waals surface area contributed by atoms with Crippen LogP contribution in [0.2, 0.25) is 0 Å². The van der Waals surface area contributed by atoms with Crippen LogP contribution in [-0.2, 0) is 10.9 Å². The molecule has 0 aromatic carbocycles.